The number of aliphatic imine (C=N–C) groups is 1. The Kier molecular flexibility index (Phi) is 6.81. The van der Waals surface area contributed by atoms with Crippen LogP contribution in [0.2, 0.25) is 0 Å². The molecule has 10 heteroatoms. The predicted molar refractivity (Wildman–Crippen MR) is 124 cm³/mol. The number of sulfonamides is 1. The number of benzene rings is 2. The maximum absolute atomic E-state index is 13.7. The number of carbonyl (C=O) groups is 2. The van der Waals surface area contributed by atoms with E-state index in [0.717, 1.165) is 16.8 Å². The van der Waals surface area contributed by atoms with Crippen LogP contribution in [0.15, 0.2) is 52.4 Å². The van der Waals surface area contributed by atoms with E-state index in [1.54, 1.807) is 6.07 Å². The average molecular weight is 488 g/mol. The monoisotopic (exact) mass is 487 g/mol. The van der Waals surface area contributed by atoms with Crippen molar-refractivity contribution in [3.05, 3.63) is 65.0 Å². The number of carboxylic acids is 1. The summed E-state index contributed by atoms with van der Waals surface area (Å²) in [6.07, 6.45) is 1.37. The second-order valence-corrected chi connectivity index (χ2v) is 10.7. The lowest BCUT2D eigenvalue weighted by Gasteiger charge is -2.38. The van der Waals surface area contributed by atoms with E-state index in [0.29, 0.717) is 25.8 Å². The number of fused-ring (bicyclic) bond motifs is 1. The number of amides is 1. The Morgan fingerprint density at radius 1 is 1.15 bits per heavy atom. The lowest BCUT2D eigenvalue weighted by molar-refractivity contribution is -0.138. The highest BCUT2D eigenvalue weighted by Gasteiger charge is 2.37. The predicted octanol–water partition coefficient (Wildman–Crippen LogP) is 2.46. The largest absolute Gasteiger partial charge is 0.481 e. The van der Waals surface area contributed by atoms with Crippen molar-refractivity contribution in [3.63, 3.8) is 0 Å². The first-order chi connectivity index (χ1) is 16.1. The Bertz CT molecular complexity index is 1240. The van der Waals surface area contributed by atoms with E-state index in [-0.39, 0.29) is 47.6 Å². The van der Waals surface area contributed by atoms with Crippen LogP contribution in [0.25, 0.3) is 0 Å². The maximum Gasteiger partial charge on any atom is 0.303 e. The zero-order valence-electron chi connectivity index (χ0n) is 18.5. The first-order valence-corrected chi connectivity index (χ1v) is 12.5. The lowest BCUT2D eigenvalue weighted by atomic mass is 9.79. The van der Waals surface area contributed by atoms with E-state index in [1.165, 1.54) is 40.7 Å². The fourth-order valence-corrected chi connectivity index (χ4v) is 6.31. The van der Waals surface area contributed by atoms with Gasteiger partial charge in [0.15, 0.2) is 0 Å². The standard InChI is InChI=1S/C24H26FN3O5S/c25-19-3-6-21-17(11-19)7-9-27-22(21)12-18-14-28(10-8-16(18)13-23(29)30)34(32,33)20-4-1-15(2-5-20)24(26)31/h1-6,11,16,18H,7-10,12-14H2,(H2,26,31)(H,29,30)/t16-,18-/m0/s1. The molecule has 180 valence electrons. The van der Waals surface area contributed by atoms with Crippen molar-refractivity contribution in [1.82, 2.24) is 4.31 Å². The van der Waals surface area contributed by atoms with E-state index < -0.39 is 21.9 Å². The van der Waals surface area contributed by atoms with Gasteiger partial charge in [-0.15, -0.1) is 0 Å². The minimum absolute atomic E-state index is 0.0452. The molecule has 2 atom stereocenters. The Labute approximate surface area is 197 Å². The Hall–Kier alpha value is -3.11. The van der Waals surface area contributed by atoms with E-state index >= 15 is 0 Å². The number of aliphatic carboxylic acids is 1. The van der Waals surface area contributed by atoms with Crippen LogP contribution in [0, 0.1) is 17.7 Å². The molecule has 2 aliphatic rings. The molecule has 0 radical (unpaired) electrons. The van der Waals surface area contributed by atoms with Crippen molar-refractivity contribution in [2.45, 2.75) is 30.6 Å². The molecule has 1 amide bonds. The number of hydrogen-bond donors (Lipinski definition) is 2. The van der Waals surface area contributed by atoms with Gasteiger partial charge in [-0.2, -0.15) is 4.31 Å². The molecule has 34 heavy (non-hydrogen) atoms. The van der Waals surface area contributed by atoms with Crippen molar-refractivity contribution in [2.24, 2.45) is 22.6 Å². The molecule has 0 aliphatic carbocycles. The third-order valence-electron chi connectivity index (χ3n) is 6.59. The van der Waals surface area contributed by atoms with Gasteiger partial charge in [-0.05, 0) is 84.7 Å². The van der Waals surface area contributed by atoms with E-state index in [9.17, 15) is 27.5 Å². The van der Waals surface area contributed by atoms with Gasteiger partial charge in [0.05, 0.1) is 4.90 Å². The van der Waals surface area contributed by atoms with Crippen molar-refractivity contribution >= 4 is 27.6 Å². The molecule has 4 rings (SSSR count). The highest BCUT2D eigenvalue weighted by Crippen LogP contribution is 2.34. The van der Waals surface area contributed by atoms with Crippen LogP contribution in [0.1, 0.15) is 40.7 Å². The molecular formula is C24H26FN3O5S. The van der Waals surface area contributed by atoms with Crippen LogP contribution in [0.4, 0.5) is 4.39 Å². The SMILES string of the molecule is NC(=O)c1ccc(S(=O)(=O)N2CC[C@@H](CC(=O)O)[C@@H](CC3=NCCc4cc(F)ccc43)C2)cc1. The number of primary amides is 1. The van der Waals surface area contributed by atoms with Crippen LogP contribution in [0.3, 0.4) is 0 Å². The second kappa shape index (κ2) is 9.63. The van der Waals surface area contributed by atoms with Crippen LogP contribution < -0.4 is 5.73 Å². The minimum Gasteiger partial charge on any atom is -0.481 e. The zero-order chi connectivity index (χ0) is 24.5. The molecule has 8 nitrogen and oxygen atoms in total. The highest BCUT2D eigenvalue weighted by molar-refractivity contribution is 7.89. The molecule has 0 unspecified atom stereocenters. The summed E-state index contributed by atoms with van der Waals surface area (Å²) >= 11 is 0. The molecule has 2 heterocycles. The van der Waals surface area contributed by atoms with E-state index in [4.69, 9.17) is 5.73 Å². The molecule has 0 bridgehead atoms. The van der Waals surface area contributed by atoms with Gasteiger partial charge in [-0.1, -0.05) is 0 Å². The van der Waals surface area contributed by atoms with Crippen molar-refractivity contribution in [1.29, 1.82) is 0 Å². The van der Waals surface area contributed by atoms with Gasteiger partial charge in [-0.3, -0.25) is 14.6 Å². The van der Waals surface area contributed by atoms with E-state index in [2.05, 4.69) is 4.99 Å². The molecule has 0 aromatic heterocycles. The van der Waals surface area contributed by atoms with Crippen LogP contribution >= 0.6 is 0 Å². The molecule has 2 aromatic rings. The minimum atomic E-state index is -3.85. The maximum atomic E-state index is 13.7. The van der Waals surface area contributed by atoms with Crippen molar-refractivity contribution in [3.8, 4) is 0 Å². The summed E-state index contributed by atoms with van der Waals surface area (Å²) in [5.74, 6) is -2.37. The van der Waals surface area contributed by atoms with Gasteiger partial charge >= 0.3 is 5.97 Å². The average Bonchev–Trinajstić information content (AvgIpc) is 2.79. The molecule has 1 saturated heterocycles. The van der Waals surface area contributed by atoms with Gasteiger partial charge in [0.2, 0.25) is 15.9 Å². The molecule has 2 aromatic carbocycles. The highest BCUT2D eigenvalue weighted by atomic mass is 32.2. The summed E-state index contributed by atoms with van der Waals surface area (Å²) in [7, 11) is -3.85. The number of nitrogens with two attached hydrogens (primary N) is 1. The quantitative estimate of drug-likeness (QED) is 0.620. The lowest BCUT2D eigenvalue weighted by Crippen LogP contribution is -2.45. The molecular weight excluding hydrogens is 461 g/mol. The normalized spacial score (nSPS) is 20.9. The Morgan fingerprint density at radius 2 is 1.88 bits per heavy atom. The second-order valence-electron chi connectivity index (χ2n) is 8.74. The summed E-state index contributed by atoms with van der Waals surface area (Å²) in [6, 6.07) is 10.0. The van der Waals surface area contributed by atoms with E-state index in [1.807, 2.05) is 0 Å². The summed E-state index contributed by atoms with van der Waals surface area (Å²) in [5.41, 5.74) is 7.90. The van der Waals surface area contributed by atoms with Gasteiger partial charge < -0.3 is 10.8 Å². The van der Waals surface area contributed by atoms with Gasteiger partial charge in [0.1, 0.15) is 5.82 Å². The van der Waals surface area contributed by atoms with Crippen LogP contribution in [-0.2, 0) is 21.2 Å². The molecule has 2 aliphatic heterocycles. The van der Waals surface area contributed by atoms with Gasteiger partial charge in [0, 0.05) is 37.3 Å². The first-order valence-electron chi connectivity index (χ1n) is 11.1. The summed E-state index contributed by atoms with van der Waals surface area (Å²) in [6.45, 7) is 0.854. The summed E-state index contributed by atoms with van der Waals surface area (Å²) in [4.78, 5) is 27.5. The molecule has 1 fully saturated rings. The van der Waals surface area contributed by atoms with Crippen LogP contribution in [0.5, 0.6) is 0 Å². The summed E-state index contributed by atoms with van der Waals surface area (Å²) in [5, 5.41) is 9.41. The first kappa shape index (κ1) is 24.0. The van der Waals surface area contributed by atoms with Crippen molar-refractivity contribution in [2.75, 3.05) is 19.6 Å². The van der Waals surface area contributed by atoms with Gasteiger partial charge in [-0.25, -0.2) is 12.8 Å². The number of nitrogens with zero attached hydrogens (tertiary/aromatic N) is 2. The molecule has 0 saturated carbocycles. The number of halogens is 1. The number of hydrogen-bond acceptors (Lipinski definition) is 5. The molecule has 3 N–H and O–H groups in total. The zero-order valence-corrected chi connectivity index (χ0v) is 19.3. The number of piperidine rings is 1. The number of rotatable bonds is 7. The topological polar surface area (TPSA) is 130 Å². The number of carboxylic acid groups (broad SMARTS) is 1. The smallest absolute Gasteiger partial charge is 0.303 e. The van der Waals surface area contributed by atoms with Crippen molar-refractivity contribution < 1.29 is 27.5 Å². The fourth-order valence-electron chi connectivity index (χ4n) is 4.80. The summed E-state index contributed by atoms with van der Waals surface area (Å²) < 4.78 is 41.6. The molecule has 0 spiro atoms. The fraction of sp³-hybridized carbons (Fsp3) is 0.375. The third-order valence-corrected chi connectivity index (χ3v) is 8.46. The Balaban J connectivity index is 1.59. The Morgan fingerprint density at radius 3 is 2.56 bits per heavy atom. The number of carbonyl (C=O) groups excluding carboxylic acids is 1. The van der Waals surface area contributed by atoms with Gasteiger partial charge in [0.25, 0.3) is 0 Å². The third kappa shape index (κ3) is 5.02. The van der Waals surface area contributed by atoms with Crippen LogP contribution in [-0.4, -0.2) is 55.1 Å².